The maximum absolute atomic E-state index is 10.00. The summed E-state index contributed by atoms with van der Waals surface area (Å²) >= 11 is 0. The molecule has 0 spiro atoms. The summed E-state index contributed by atoms with van der Waals surface area (Å²) in [7, 11) is -3.70. The van der Waals surface area contributed by atoms with Crippen molar-refractivity contribution in [2.24, 2.45) is 5.92 Å². The van der Waals surface area contributed by atoms with Crippen LogP contribution in [-0.2, 0) is 13.6 Å². The third-order valence-corrected chi connectivity index (χ3v) is 18.8. The molecule has 190 valence electrons. The van der Waals surface area contributed by atoms with E-state index in [2.05, 4.69) is 94.5 Å². The Morgan fingerprint density at radius 3 is 1.97 bits per heavy atom. The van der Waals surface area contributed by atoms with Crippen LogP contribution in [-0.4, -0.2) is 53.3 Å². The van der Waals surface area contributed by atoms with Crippen molar-refractivity contribution < 1.29 is 18.7 Å². The molecule has 1 fully saturated rings. The molecular weight excluding hydrogens is 432 g/mol. The fourth-order valence-corrected chi connectivity index (χ4v) is 11.7. The van der Waals surface area contributed by atoms with Crippen molar-refractivity contribution in [1.29, 1.82) is 0 Å². The van der Waals surface area contributed by atoms with Gasteiger partial charge in [-0.05, 0) is 47.6 Å². The molecule has 0 aromatic heterocycles. The highest BCUT2D eigenvalue weighted by Gasteiger charge is 2.49. The van der Waals surface area contributed by atoms with Gasteiger partial charge in [-0.15, -0.1) is 0 Å². The van der Waals surface area contributed by atoms with E-state index in [-0.39, 0.29) is 35.9 Å². The van der Waals surface area contributed by atoms with Gasteiger partial charge in [-0.2, -0.15) is 0 Å². The summed E-state index contributed by atoms with van der Waals surface area (Å²) in [4.78, 5) is 0. The number of ether oxygens (including phenoxy) is 1. The molecule has 1 aliphatic rings. The highest BCUT2D eigenvalue weighted by atomic mass is 28.4. The first-order chi connectivity index (χ1) is 14.6. The second kappa shape index (κ2) is 12.1. The zero-order valence-electron chi connectivity index (χ0n) is 23.2. The highest BCUT2D eigenvalue weighted by molar-refractivity contribution is 6.77. The third-order valence-electron chi connectivity index (χ3n) is 8.19. The van der Waals surface area contributed by atoms with Gasteiger partial charge in [0.15, 0.2) is 8.32 Å². The van der Waals surface area contributed by atoms with Gasteiger partial charge in [0, 0.05) is 5.92 Å². The molecule has 1 heterocycles. The largest absolute Gasteiger partial charge is 0.413 e. The third kappa shape index (κ3) is 7.25. The molecule has 1 rings (SSSR count). The lowest BCUT2D eigenvalue weighted by Crippen LogP contribution is -2.55. The van der Waals surface area contributed by atoms with Crippen molar-refractivity contribution in [3.63, 3.8) is 0 Å². The minimum absolute atomic E-state index is 0.0509. The SMILES string of the molecule is CC(C)[Si](O[C@@H]1C[C@@H](C/C=C/CO[Si](C)(C)C(C)(C)C)O[C@@H](CO)[C@H]1C)(C(C)C)C(C)C. The normalized spacial score (nSPS) is 26.1. The molecule has 1 N–H and O–H groups in total. The van der Waals surface area contributed by atoms with Crippen molar-refractivity contribution >= 4 is 16.6 Å². The topological polar surface area (TPSA) is 47.9 Å². The summed E-state index contributed by atoms with van der Waals surface area (Å²) < 4.78 is 19.7. The average molecular weight is 487 g/mol. The van der Waals surface area contributed by atoms with E-state index in [1.54, 1.807) is 0 Å². The van der Waals surface area contributed by atoms with E-state index in [4.69, 9.17) is 13.6 Å². The maximum Gasteiger partial charge on any atom is 0.200 e. The summed E-state index contributed by atoms with van der Waals surface area (Å²) in [6.07, 6.45) is 6.12. The van der Waals surface area contributed by atoms with Crippen molar-refractivity contribution in [2.45, 2.75) is 135 Å². The van der Waals surface area contributed by atoms with Crippen LogP contribution in [0.3, 0.4) is 0 Å². The van der Waals surface area contributed by atoms with E-state index < -0.39 is 16.6 Å². The van der Waals surface area contributed by atoms with Gasteiger partial charge in [-0.3, -0.25) is 0 Å². The van der Waals surface area contributed by atoms with Crippen LogP contribution in [0.2, 0.25) is 34.8 Å². The summed E-state index contributed by atoms with van der Waals surface area (Å²) in [5.74, 6) is 0.199. The van der Waals surface area contributed by atoms with Crippen LogP contribution in [0.5, 0.6) is 0 Å². The smallest absolute Gasteiger partial charge is 0.200 e. The van der Waals surface area contributed by atoms with Crippen LogP contribution in [0.25, 0.3) is 0 Å². The predicted octanol–water partition coefficient (Wildman–Crippen LogP) is 7.30. The Morgan fingerprint density at radius 1 is 1.00 bits per heavy atom. The molecule has 0 bridgehead atoms. The standard InChI is InChI=1S/C26H54O4Si2/c1-19(2)32(20(3)4,21(5)6)30-24-17-23(29-25(18-27)22(24)7)15-13-14-16-28-31(11,12)26(8,9)10/h13-14,19-25,27H,15-18H2,1-12H3/b14-13+/t22-,23+,24+,25-/m0/s1. The fourth-order valence-electron chi connectivity index (χ4n) is 5.12. The summed E-state index contributed by atoms with van der Waals surface area (Å²) in [5.41, 5.74) is 1.66. The molecule has 0 saturated carbocycles. The van der Waals surface area contributed by atoms with Crippen LogP contribution >= 0.6 is 0 Å². The fraction of sp³-hybridized carbons (Fsp3) is 0.923. The Morgan fingerprint density at radius 2 is 1.53 bits per heavy atom. The molecule has 0 aromatic carbocycles. The zero-order valence-corrected chi connectivity index (χ0v) is 25.2. The van der Waals surface area contributed by atoms with Crippen LogP contribution in [0.1, 0.15) is 82.1 Å². The summed E-state index contributed by atoms with van der Waals surface area (Å²) in [6, 6.07) is 0. The zero-order chi connectivity index (χ0) is 24.9. The molecule has 6 heteroatoms. The lowest BCUT2D eigenvalue weighted by atomic mass is 9.89. The van der Waals surface area contributed by atoms with Gasteiger partial charge in [0.25, 0.3) is 0 Å². The van der Waals surface area contributed by atoms with Gasteiger partial charge < -0.3 is 18.7 Å². The molecular formula is C26H54O4Si2. The van der Waals surface area contributed by atoms with Crippen molar-refractivity contribution in [2.75, 3.05) is 13.2 Å². The Balaban J connectivity index is 2.86. The van der Waals surface area contributed by atoms with Crippen LogP contribution in [0, 0.1) is 5.92 Å². The van der Waals surface area contributed by atoms with Crippen LogP contribution in [0.4, 0.5) is 0 Å². The van der Waals surface area contributed by atoms with Crippen molar-refractivity contribution in [3.8, 4) is 0 Å². The van der Waals surface area contributed by atoms with E-state index in [0.717, 1.165) is 12.8 Å². The van der Waals surface area contributed by atoms with E-state index in [0.29, 0.717) is 23.2 Å². The van der Waals surface area contributed by atoms with E-state index >= 15 is 0 Å². The second-order valence-corrected chi connectivity index (χ2v) is 22.5. The predicted molar refractivity (Wildman–Crippen MR) is 142 cm³/mol. The maximum atomic E-state index is 10.00. The van der Waals surface area contributed by atoms with Crippen molar-refractivity contribution in [1.82, 2.24) is 0 Å². The van der Waals surface area contributed by atoms with Crippen LogP contribution < -0.4 is 0 Å². The van der Waals surface area contributed by atoms with Gasteiger partial charge in [0.05, 0.1) is 31.5 Å². The first kappa shape index (κ1) is 30.0. The van der Waals surface area contributed by atoms with Gasteiger partial charge in [0.1, 0.15) is 0 Å². The Bertz CT molecular complexity index is 559. The number of hydrogen-bond donors (Lipinski definition) is 1. The quantitative estimate of drug-likeness (QED) is 0.246. The Kier molecular flexibility index (Phi) is 11.4. The lowest BCUT2D eigenvalue weighted by Gasteiger charge is -2.49. The van der Waals surface area contributed by atoms with E-state index in [1.807, 2.05) is 0 Å². The molecule has 1 saturated heterocycles. The Labute approximate surface area is 201 Å². The molecule has 0 aliphatic carbocycles. The first-order valence-corrected chi connectivity index (χ1v) is 17.9. The number of rotatable bonds is 11. The van der Waals surface area contributed by atoms with E-state index in [1.165, 1.54) is 0 Å². The highest BCUT2D eigenvalue weighted by Crippen LogP contribution is 2.45. The molecule has 4 nitrogen and oxygen atoms in total. The first-order valence-electron chi connectivity index (χ1n) is 12.8. The molecule has 0 amide bonds. The lowest BCUT2D eigenvalue weighted by molar-refractivity contribution is -0.140. The number of aliphatic hydroxyl groups excluding tert-OH is 1. The van der Waals surface area contributed by atoms with Gasteiger partial charge in [-0.25, -0.2) is 0 Å². The second-order valence-electron chi connectivity index (χ2n) is 12.3. The molecule has 4 atom stereocenters. The van der Waals surface area contributed by atoms with Crippen molar-refractivity contribution in [3.05, 3.63) is 12.2 Å². The van der Waals surface area contributed by atoms with Gasteiger partial charge in [0.2, 0.25) is 8.32 Å². The van der Waals surface area contributed by atoms with Gasteiger partial charge >= 0.3 is 0 Å². The monoisotopic (exact) mass is 486 g/mol. The Hall–Kier alpha value is 0.0138. The van der Waals surface area contributed by atoms with E-state index in [9.17, 15) is 5.11 Å². The average Bonchev–Trinajstić information content (AvgIpc) is 2.65. The van der Waals surface area contributed by atoms with Gasteiger partial charge in [-0.1, -0.05) is 81.4 Å². The molecule has 0 radical (unpaired) electrons. The number of aliphatic hydroxyl groups is 1. The number of hydrogen-bond acceptors (Lipinski definition) is 4. The summed E-state index contributed by atoms with van der Waals surface area (Å²) in [5, 5.41) is 10.2. The molecule has 32 heavy (non-hydrogen) atoms. The molecule has 0 unspecified atom stereocenters. The minimum Gasteiger partial charge on any atom is -0.413 e. The van der Waals surface area contributed by atoms with Crippen LogP contribution in [0.15, 0.2) is 12.2 Å². The molecule has 1 aliphatic heterocycles. The molecule has 0 aromatic rings. The minimum atomic E-state index is -1.98. The summed E-state index contributed by atoms with van der Waals surface area (Å²) in [6.45, 7) is 28.3.